The summed E-state index contributed by atoms with van der Waals surface area (Å²) in [4.78, 5) is 9.99. The maximum absolute atomic E-state index is 9.99. The molecule has 0 aromatic heterocycles. The summed E-state index contributed by atoms with van der Waals surface area (Å²) >= 11 is 2.85. The molecule has 0 aliphatic rings. The molecule has 0 rings (SSSR count). The number of aliphatic hydroxyl groups is 1. The Morgan fingerprint density at radius 2 is 2.38 bits per heavy atom. The van der Waals surface area contributed by atoms with Crippen LogP contribution < -0.4 is 5.73 Å². The molecule has 0 aromatic carbocycles. The Kier molecular flexibility index (Phi) is 3.81. The van der Waals surface area contributed by atoms with Crippen molar-refractivity contribution in [2.45, 2.75) is 17.9 Å². The minimum atomic E-state index is -0.602. The highest BCUT2D eigenvalue weighted by molar-refractivity contribution is 9.09. The number of rotatable bonds is 3. The number of carbonyl (C=O) groups is 1. The van der Waals surface area contributed by atoms with E-state index in [1.807, 2.05) is 0 Å². The van der Waals surface area contributed by atoms with E-state index >= 15 is 0 Å². The molecular formula is C4H8BrNO2. The number of nitrogens with two attached hydrogens (primary N) is 1. The Morgan fingerprint density at radius 3 is 2.50 bits per heavy atom. The van der Waals surface area contributed by atoms with Gasteiger partial charge in [0.1, 0.15) is 5.01 Å². The summed E-state index contributed by atoms with van der Waals surface area (Å²) in [5, 5.41) is 7.91. The normalized spacial score (nSPS) is 13.2. The van der Waals surface area contributed by atoms with Crippen LogP contribution in [0.25, 0.3) is 0 Å². The molecule has 1 atom stereocenters. The van der Waals surface area contributed by atoms with Crippen LogP contribution in [0.3, 0.4) is 0 Å². The lowest BCUT2D eigenvalue weighted by Crippen LogP contribution is -2.12. The van der Waals surface area contributed by atoms with Crippen molar-refractivity contribution in [1.29, 1.82) is 0 Å². The van der Waals surface area contributed by atoms with Gasteiger partial charge in [0.05, 0.1) is 0 Å². The Bertz CT molecular complexity index is 84.1. The van der Waals surface area contributed by atoms with Gasteiger partial charge in [-0.2, -0.15) is 0 Å². The van der Waals surface area contributed by atoms with Gasteiger partial charge in [0.15, 0.2) is 0 Å². The van der Waals surface area contributed by atoms with Crippen LogP contribution in [0, 0.1) is 0 Å². The average molecular weight is 182 g/mol. The highest BCUT2D eigenvalue weighted by Gasteiger charge is 1.99. The molecule has 0 spiro atoms. The number of aliphatic hydroxyl groups excluding tert-OH is 1. The van der Waals surface area contributed by atoms with Crippen LogP contribution in [-0.2, 0) is 4.79 Å². The van der Waals surface area contributed by atoms with Crippen LogP contribution in [0.5, 0.6) is 0 Å². The second-order valence-corrected chi connectivity index (χ2v) is 2.50. The summed E-state index contributed by atoms with van der Waals surface area (Å²) in [6.07, 6.45) is 0.613. The van der Waals surface area contributed by atoms with Gasteiger partial charge in [-0.25, -0.2) is 0 Å². The smallest absolute Gasteiger partial charge is 0.217 e. The van der Waals surface area contributed by atoms with E-state index in [9.17, 15) is 4.79 Å². The van der Waals surface area contributed by atoms with Crippen LogP contribution in [0.1, 0.15) is 12.8 Å². The fraction of sp³-hybridized carbons (Fsp3) is 0.750. The van der Waals surface area contributed by atoms with Gasteiger partial charge in [-0.15, -0.1) is 0 Å². The number of primary amides is 1. The summed E-state index contributed by atoms with van der Waals surface area (Å²) in [5.41, 5.74) is 4.77. The molecule has 0 aliphatic heterocycles. The number of hydrogen-bond donors (Lipinski definition) is 2. The van der Waals surface area contributed by atoms with Gasteiger partial charge in [-0.05, 0) is 6.42 Å². The van der Waals surface area contributed by atoms with Crippen LogP contribution in [0.15, 0.2) is 0 Å². The van der Waals surface area contributed by atoms with Crippen LogP contribution >= 0.6 is 15.9 Å². The summed E-state index contributed by atoms with van der Waals surface area (Å²) < 4.78 is 0. The first-order valence-corrected chi connectivity index (χ1v) is 3.15. The molecule has 3 nitrogen and oxygen atoms in total. The first kappa shape index (κ1) is 7.91. The summed E-state index contributed by atoms with van der Waals surface area (Å²) in [5.74, 6) is -0.386. The van der Waals surface area contributed by atoms with Crippen molar-refractivity contribution >= 4 is 21.8 Å². The second kappa shape index (κ2) is 3.86. The van der Waals surface area contributed by atoms with E-state index < -0.39 is 5.01 Å². The SMILES string of the molecule is NC(=O)CCC(O)Br. The molecule has 0 aromatic rings. The number of alkyl halides is 1. The maximum atomic E-state index is 9.99. The third-order valence-electron chi connectivity index (χ3n) is 0.629. The largest absolute Gasteiger partial charge is 0.382 e. The molecule has 8 heavy (non-hydrogen) atoms. The summed E-state index contributed by atoms with van der Waals surface area (Å²) in [6.45, 7) is 0. The zero-order chi connectivity index (χ0) is 6.57. The lowest BCUT2D eigenvalue weighted by atomic mass is 10.3. The lowest BCUT2D eigenvalue weighted by Gasteiger charge is -1.96. The predicted octanol–water partition coefficient (Wildman–Crippen LogP) is -0.0348. The minimum Gasteiger partial charge on any atom is -0.382 e. The van der Waals surface area contributed by atoms with E-state index in [1.54, 1.807) is 0 Å². The maximum Gasteiger partial charge on any atom is 0.217 e. The minimum absolute atomic E-state index is 0.229. The van der Waals surface area contributed by atoms with Gasteiger partial charge < -0.3 is 10.8 Å². The van der Waals surface area contributed by atoms with Crippen LogP contribution in [0.4, 0.5) is 0 Å². The molecule has 1 amide bonds. The van der Waals surface area contributed by atoms with E-state index in [2.05, 4.69) is 15.9 Å². The molecule has 0 aliphatic carbocycles. The quantitative estimate of drug-likeness (QED) is 0.601. The van der Waals surface area contributed by atoms with Crippen molar-refractivity contribution in [3.05, 3.63) is 0 Å². The zero-order valence-electron chi connectivity index (χ0n) is 4.30. The average Bonchev–Trinajstić information content (AvgIpc) is 1.61. The van der Waals surface area contributed by atoms with Gasteiger partial charge in [0.2, 0.25) is 5.91 Å². The Balaban J connectivity index is 3.05. The van der Waals surface area contributed by atoms with Crippen molar-refractivity contribution in [1.82, 2.24) is 0 Å². The third-order valence-corrected chi connectivity index (χ3v) is 1.09. The van der Waals surface area contributed by atoms with Gasteiger partial charge in [-0.3, -0.25) is 4.79 Å². The summed E-state index contributed by atoms with van der Waals surface area (Å²) in [7, 11) is 0. The van der Waals surface area contributed by atoms with Crippen molar-refractivity contribution in [3.8, 4) is 0 Å². The predicted molar refractivity (Wildman–Crippen MR) is 33.4 cm³/mol. The lowest BCUT2D eigenvalue weighted by molar-refractivity contribution is -0.118. The van der Waals surface area contributed by atoms with Gasteiger partial charge in [0, 0.05) is 6.42 Å². The van der Waals surface area contributed by atoms with Gasteiger partial charge in [0.25, 0.3) is 0 Å². The number of amides is 1. The van der Waals surface area contributed by atoms with E-state index in [0.717, 1.165) is 0 Å². The van der Waals surface area contributed by atoms with E-state index in [0.29, 0.717) is 6.42 Å². The fourth-order valence-corrected chi connectivity index (χ4v) is 0.490. The van der Waals surface area contributed by atoms with E-state index in [-0.39, 0.29) is 12.3 Å². The first-order chi connectivity index (χ1) is 3.63. The molecule has 3 N–H and O–H groups in total. The van der Waals surface area contributed by atoms with Crippen molar-refractivity contribution in [2.75, 3.05) is 0 Å². The Hall–Kier alpha value is -0.0900. The van der Waals surface area contributed by atoms with Crippen molar-refractivity contribution < 1.29 is 9.90 Å². The number of carbonyl (C=O) groups excluding carboxylic acids is 1. The van der Waals surface area contributed by atoms with E-state index in [1.165, 1.54) is 0 Å². The topological polar surface area (TPSA) is 63.3 Å². The highest BCUT2D eigenvalue weighted by Crippen LogP contribution is 2.01. The molecule has 1 unspecified atom stereocenters. The highest BCUT2D eigenvalue weighted by atomic mass is 79.9. The Labute approximate surface area is 56.0 Å². The molecule has 0 fully saturated rings. The molecule has 0 radical (unpaired) electrons. The van der Waals surface area contributed by atoms with Crippen LogP contribution in [-0.4, -0.2) is 16.0 Å². The molecule has 4 heteroatoms. The molecule has 0 heterocycles. The first-order valence-electron chi connectivity index (χ1n) is 2.23. The molecule has 0 saturated heterocycles. The third kappa shape index (κ3) is 5.91. The fourth-order valence-electron chi connectivity index (χ4n) is 0.261. The zero-order valence-corrected chi connectivity index (χ0v) is 5.89. The second-order valence-electron chi connectivity index (χ2n) is 1.44. The van der Waals surface area contributed by atoms with Crippen LogP contribution in [0.2, 0.25) is 0 Å². The molecule has 0 saturated carbocycles. The monoisotopic (exact) mass is 181 g/mol. The summed E-state index contributed by atoms with van der Waals surface area (Å²) in [6, 6.07) is 0. The number of hydrogen-bond acceptors (Lipinski definition) is 2. The molecule has 0 bridgehead atoms. The van der Waals surface area contributed by atoms with Crippen molar-refractivity contribution in [2.24, 2.45) is 5.73 Å². The van der Waals surface area contributed by atoms with Gasteiger partial charge >= 0.3 is 0 Å². The van der Waals surface area contributed by atoms with Crippen molar-refractivity contribution in [3.63, 3.8) is 0 Å². The Morgan fingerprint density at radius 1 is 1.88 bits per heavy atom. The number of halogens is 1. The standard InChI is InChI=1S/C4H8BrNO2/c5-3(7)1-2-4(6)8/h3,7H,1-2H2,(H2,6,8). The molecule has 48 valence electrons. The van der Waals surface area contributed by atoms with Gasteiger partial charge in [-0.1, -0.05) is 15.9 Å². The van der Waals surface area contributed by atoms with E-state index in [4.69, 9.17) is 10.8 Å². The molecular weight excluding hydrogens is 174 g/mol.